The van der Waals surface area contributed by atoms with Gasteiger partial charge in [0, 0.05) is 12.0 Å². The van der Waals surface area contributed by atoms with Crippen LogP contribution in [-0.2, 0) is 5.41 Å². The number of ether oxygens (including phenoxy) is 2. The first-order valence-electron chi connectivity index (χ1n) is 8.22. The molecular weight excluding hydrogens is 262 g/mol. The van der Waals surface area contributed by atoms with Crippen LogP contribution in [0.4, 0.5) is 0 Å². The average Bonchev–Trinajstić information content (AvgIpc) is 2.51. The third kappa shape index (κ3) is 3.70. The minimum Gasteiger partial charge on any atom is -0.486 e. The highest BCUT2D eigenvalue weighted by molar-refractivity contribution is 5.46. The molecule has 1 aromatic carbocycles. The summed E-state index contributed by atoms with van der Waals surface area (Å²) in [5, 5.41) is 3.63. The molecule has 2 rings (SSSR count). The average molecular weight is 291 g/mol. The SMILES string of the molecule is CCC(CC)(CNCC(C)C)c1ccc2c(c1)OCCO2. The largest absolute Gasteiger partial charge is 0.486 e. The second kappa shape index (κ2) is 7.17. The first-order valence-corrected chi connectivity index (χ1v) is 8.22. The molecule has 0 bridgehead atoms. The van der Waals surface area contributed by atoms with Crippen molar-refractivity contribution in [2.45, 2.75) is 46.0 Å². The van der Waals surface area contributed by atoms with Crippen LogP contribution in [0.3, 0.4) is 0 Å². The molecule has 1 aromatic rings. The van der Waals surface area contributed by atoms with Gasteiger partial charge in [0.25, 0.3) is 0 Å². The van der Waals surface area contributed by atoms with Gasteiger partial charge in [-0.1, -0.05) is 33.8 Å². The number of rotatable bonds is 7. The molecule has 3 nitrogen and oxygen atoms in total. The highest BCUT2D eigenvalue weighted by Gasteiger charge is 2.29. The predicted octanol–water partition coefficient (Wildman–Crippen LogP) is 3.76. The summed E-state index contributed by atoms with van der Waals surface area (Å²) < 4.78 is 11.4. The van der Waals surface area contributed by atoms with Crippen molar-refractivity contribution in [2.75, 3.05) is 26.3 Å². The van der Waals surface area contributed by atoms with Crippen molar-refractivity contribution in [1.29, 1.82) is 0 Å². The van der Waals surface area contributed by atoms with Crippen LogP contribution in [0.1, 0.15) is 46.1 Å². The van der Waals surface area contributed by atoms with E-state index < -0.39 is 0 Å². The van der Waals surface area contributed by atoms with Gasteiger partial charge in [-0.15, -0.1) is 0 Å². The molecule has 0 amide bonds. The van der Waals surface area contributed by atoms with Gasteiger partial charge in [-0.25, -0.2) is 0 Å². The molecular formula is C18H29NO2. The molecule has 1 aliphatic heterocycles. The molecule has 118 valence electrons. The smallest absolute Gasteiger partial charge is 0.161 e. The lowest BCUT2D eigenvalue weighted by atomic mass is 9.75. The number of hydrogen-bond acceptors (Lipinski definition) is 3. The third-order valence-electron chi connectivity index (χ3n) is 4.52. The number of hydrogen-bond donors (Lipinski definition) is 1. The van der Waals surface area contributed by atoms with Crippen molar-refractivity contribution >= 4 is 0 Å². The van der Waals surface area contributed by atoms with Crippen molar-refractivity contribution in [3.63, 3.8) is 0 Å². The number of fused-ring (bicyclic) bond motifs is 1. The van der Waals surface area contributed by atoms with Gasteiger partial charge in [0.15, 0.2) is 11.5 Å². The Morgan fingerprint density at radius 2 is 1.76 bits per heavy atom. The molecule has 21 heavy (non-hydrogen) atoms. The van der Waals surface area contributed by atoms with E-state index in [0.717, 1.165) is 37.4 Å². The fourth-order valence-electron chi connectivity index (χ4n) is 2.98. The first-order chi connectivity index (χ1) is 10.1. The molecule has 0 unspecified atom stereocenters. The Kier molecular flexibility index (Phi) is 5.51. The predicted molar refractivity (Wildman–Crippen MR) is 87.4 cm³/mol. The topological polar surface area (TPSA) is 30.5 Å². The summed E-state index contributed by atoms with van der Waals surface area (Å²) in [6.45, 7) is 12.4. The Morgan fingerprint density at radius 1 is 1.10 bits per heavy atom. The maximum Gasteiger partial charge on any atom is 0.161 e. The Hall–Kier alpha value is -1.22. The number of nitrogens with one attached hydrogen (secondary N) is 1. The van der Waals surface area contributed by atoms with Gasteiger partial charge < -0.3 is 14.8 Å². The summed E-state index contributed by atoms with van der Waals surface area (Å²) >= 11 is 0. The van der Waals surface area contributed by atoms with Crippen LogP contribution in [0, 0.1) is 5.92 Å². The highest BCUT2D eigenvalue weighted by atomic mass is 16.6. The van der Waals surface area contributed by atoms with E-state index in [1.807, 2.05) is 0 Å². The van der Waals surface area contributed by atoms with Gasteiger partial charge in [-0.05, 0) is 43.0 Å². The van der Waals surface area contributed by atoms with Crippen LogP contribution in [0.5, 0.6) is 11.5 Å². The van der Waals surface area contributed by atoms with E-state index in [0.29, 0.717) is 19.1 Å². The van der Waals surface area contributed by atoms with Crippen LogP contribution >= 0.6 is 0 Å². The minimum absolute atomic E-state index is 0.171. The molecule has 1 N–H and O–H groups in total. The van der Waals surface area contributed by atoms with E-state index in [9.17, 15) is 0 Å². The zero-order chi connectivity index (χ0) is 15.3. The highest BCUT2D eigenvalue weighted by Crippen LogP contribution is 2.38. The van der Waals surface area contributed by atoms with Crippen LogP contribution in [0.15, 0.2) is 18.2 Å². The summed E-state index contributed by atoms with van der Waals surface area (Å²) in [5.41, 5.74) is 1.53. The summed E-state index contributed by atoms with van der Waals surface area (Å²) in [5.74, 6) is 2.45. The summed E-state index contributed by atoms with van der Waals surface area (Å²) in [4.78, 5) is 0. The summed E-state index contributed by atoms with van der Waals surface area (Å²) in [6.07, 6.45) is 2.24. The first kappa shape index (κ1) is 16.2. The Balaban J connectivity index is 2.20. The van der Waals surface area contributed by atoms with Crippen molar-refractivity contribution in [1.82, 2.24) is 5.32 Å². The minimum atomic E-state index is 0.171. The molecule has 0 spiro atoms. The fraction of sp³-hybridized carbons (Fsp3) is 0.667. The Morgan fingerprint density at radius 3 is 2.38 bits per heavy atom. The van der Waals surface area contributed by atoms with Crippen LogP contribution in [0.2, 0.25) is 0 Å². The molecule has 1 heterocycles. The van der Waals surface area contributed by atoms with Crippen molar-refractivity contribution in [2.24, 2.45) is 5.92 Å². The standard InChI is InChI=1S/C18H29NO2/c1-5-18(6-2,13-19-12-14(3)4)15-7-8-16-17(11-15)21-10-9-20-16/h7-8,11,14,19H,5-6,9-10,12-13H2,1-4H3. The van der Waals surface area contributed by atoms with Gasteiger partial charge >= 0.3 is 0 Å². The molecule has 0 radical (unpaired) electrons. The monoisotopic (exact) mass is 291 g/mol. The van der Waals surface area contributed by atoms with Crippen molar-refractivity contribution in [3.8, 4) is 11.5 Å². The number of benzene rings is 1. The zero-order valence-electron chi connectivity index (χ0n) is 13.9. The van der Waals surface area contributed by atoms with Gasteiger partial charge in [0.1, 0.15) is 13.2 Å². The Bertz CT molecular complexity index is 453. The lowest BCUT2D eigenvalue weighted by molar-refractivity contribution is 0.171. The molecule has 1 aliphatic rings. The van der Waals surface area contributed by atoms with Crippen molar-refractivity contribution < 1.29 is 9.47 Å². The quantitative estimate of drug-likeness (QED) is 0.829. The molecule has 0 aromatic heterocycles. The van der Waals surface area contributed by atoms with E-state index in [2.05, 4.69) is 51.2 Å². The normalized spacial score (nSPS) is 14.5. The summed E-state index contributed by atoms with van der Waals surface area (Å²) in [6, 6.07) is 6.45. The maximum absolute atomic E-state index is 5.75. The van der Waals surface area contributed by atoms with Gasteiger partial charge in [-0.3, -0.25) is 0 Å². The van der Waals surface area contributed by atoms with Gasteiger partial charge in [0.05, 0.1) is 0 Å². The van der Waals surface area contributed by atoms with E-state index in [1.54, 1.807) is 0 Å². The van der Waals surface area contributed by atoms with Crippen LogP contribution in [0.25, 0.3) is 0 Å². The van der Waals surface area contributed by atoms with Gasteiger partial charge in [0.2, 0.25) is 0 Å². The van der Waals surface area contributed by atoms with E-state index in [4.69, 9.17) is 9.47 Å². The molecule has 0 aliphatic carbocycles. The molecule has 0 atom stereocenters. The maximum atomic E-state index is 5.75. The third-order valence-corrected chi connectivity index (χ3v) is 4.52. The second-order valence-electron chi connectivity index (χ2n) is 6.37. The van der Waals surface area contributed by atoms with E-state index in [1.165, 1.54) is 5.56 Å². The zero-order valence-corrected chi connectivity index (χ0v) is 13.9. The van der Waals surface area contributed by atoms with Crippen LogP contribution in [-0.4, -0.2) is 26.3 Å². The van der Waals surface area contributed by atoms with Crippen LogP contribution < -0.4 is 14.8 Å². The molecule has 0 saturated heterocycles. The fourth-order valence-corrected chi connectivity index (χ4v) is 2.98. The Labute approximate surface area is 129 Å². The second-order valence-corrected chi connectivity index (χ2v) is 6.37. The lowest BCUT2D eigenvalue weighted by Crippen LogP contribution is -2.38. The molecule has 0 fully saturated rings. The van der Waals surface area contributed by atoms with Crippen molar-refractivity contribution in [3.05, 3.63) is 23.8 Å². The van der Waals surface area contributed by atoms with Gasteiger partial charge in [-0.2, -0.15) is 0 Å². The summed E-state index contributed by atoms with van der Waals surface area (Å²) in [7, 11) is 0. The molecule has 3 heteroatoms. The lowest BCUT2D eigenvalue weighted by Gasteiger charge is -2.34. The van der Waals surface area contributed by atoms with E-state index in [-0.39, 0.29) is 5.41 Å². The molecule has 0 saturated carbocycles. The van der Waals surface area contributed by atoms with E-state index >= 15 is 0 Å².